The van der Waals surface area contributed by atoms with Crippen molar-refractivity contribution in [3.8, 4) is 11.5 Å². The third kappa shape index (κ3) is 1.28. The van der Waals surface area contributed by atoms with Crippen LogP contribution in [0.5, 0.6) is 0 Å². The normalized spacial score (nSPS) is 11.0. The number of aromatic nitrogens is 4. The number of rotatable bonds is 1. The molecule has 0 saturated carbocycles. The van der Waals surface area contributed by atoms with E-state index in [4.69, 9.17) is 0 Å². The summed E-state index contributed by atoms with van der Waals surface area (Å²) < 4.78 is 12.9. The molecule has 0 aliphatic carbocycles. The van der Waals surface area contributed by atoms with Crippen molar-refractivity contribution in [3.05, 3.63) is 36.5 Å². The highest BCUT2D eigenvalue weighted by atomic mass is 19.1. The Morgan fingerprint density at radius 1 is 1.27 bits per heavy atom. The van der Waals surface area contributed by atoms with E-state index in [-0.39, 0.29) is 5.82 Å². The molecular weight excluding hydrogens is 195 g/mol. The van der Waals surface area contributed by atoms with E-state index in [1.165, 1.54) is 12.1 Å². The van der Waals surface area contributed by atoms with Crippen LogP contribution >= 0.6 is 0 Å². The van der Waals surface area contributed by atoms with E-state index in [9.17, 15) is 4.39 Å². The maximum absolute atomic E-state index is 12.9. The molecule has 3 aromatic rings. The number of hydrogen-bond acceptors (Lipinski definition) is 2. The Morgan fingerprint density at radius 2 is 2.20 bits per heavy atom. The fraction of sp³-hybridized carbons (Fsp3) is 0. The van der Waals surface area contributed by atoms with Crippen molar-refractivity contribution < 1.29 is 4.39 Å². The minimum atomic E-state index is -0.276. The van der Waals surface area contributed by atoms with E-state index < -0.39 is 0 Å². The highest BCUT2D eigenvalue weighted by Gasteiger charge is 2.06. The summed E-state index contributed by atoms with van der Waals surface area (Å²) in [6, 6.07) is 4.45. The molecule has 4 nitrogen and oxygen atoms in total. The first-order valence-corrected chi connectivity index (χ1v) is 4.47. The molecule has 0 bridgehead atoms. The molecule has 0 unspecified atom stereocenters. The first-order chi connectivity index (χ1) is 7.33. The van der Waals surface area contributed by atoms with Crippen LogP contribution in [0, 0.1) is 5.82 Å². The molecular formula is C10H7FN4. The number of nitrogens with zero attached hydrogens (tertiary/aromatic N) is 2. The predicted molar refractivity (Wildman–Crippen MR) is 53.6 cm³/mol. The van der Waals surface area contributed by atoms with Crippen molar-refractivity contribution in [1.82, 2.24) is 19.9 Å². The fourth-order valence-corrected chi connectivity index (χ4v) is 1.49. The number of imidazole rings is 2. The largest absolute Gasteiger partial charge is 0.342 e. The Morgan fingerprint density at radius 3 is 3.00 bits per heavy atom. The van der Waals surface area contributed by atoms with E-state index in [0.29, 0.717) is 11.3 Å². The van der Waals surface area contributed by atoms with Gasteiger partial charge in [-0.15, -0.1) is 0 Å². The molecule has 5 heteroatoms. The van der Waals surface area contributed by atoms with Crippen molar-refractivity contribution >= 4 is 11.0 Å². The summed E-state index contributed by atoms with van der Waals surface area (Å²) >= 11 is 0. The van der Waals surface area contributed by atoms with Crippen LogP contribution in [0.3, 0.4) is 0 Å². The lowest BCUT2D eigenvalue weighted by atomic mass is 10.3. The van der Waals surface area contributed by atoms with Gasteiger partial charge in [0.05, 0.1) is 23.6 Å². The highest BCUT2D eigenvalue weighted by Crippen LogP contribution is 2.18. The molecule has 2 N–H and O–H groups in total. The summed E-state index contributed by atoms with van der Waals surface area (Å²) in [5.74, 6) is 0.385. The van der Waals surface area contributed by atoms with Crippen LogP contribution in [0.15, 0.2) is 30.7 Å². The summed E-state index contributed by atoms with van der Waals surface area (Å²) in [4.78, 5) is 14.1. The van der Waals surface area contributed by atoms with Crippen LogP contribution < -0.4 is 0 Å². The van der Waals surface area contributed by atoms with Gasteiger partial charge in [0, 0.05) is 0 Å². The van der Waals surface area contributed by atoms with Crippen molar-refractivity contribution in [2.45, 2.75) is 0 Å². The van der Waals surface area contributed by atoms with Gasteiger partial charge in [0.1, 0.15) is 11.5 Å². The number of nitrogens with one attached hydrogen (secondary N) is 2. The molecule has 0 amide bonds. The van der Waals surface area contributed by atoms with Crippen LogP contribution in [0.2, 0.25) is 0 Å². The second-order valence-corrected chi connectivity index (χ2v) is 3.21. The van der Waals surface area contributed by atoms with Gasteiger partial charge in [0.15, 0.2) is 5.82 Å². The highest BCUT2D eigenvalue weighted by molar-refractivity contribution is 5.78. The lowest BCUT2D eigenvalue weighted by Crippen LogP contribution is -1.77. The molecule has 0 saturated heterocycles. The average Bonchev–Trinajstić information content (AvgIpc) is 2.84. The van der Waals surface area contributed by atoms with Gasteiger partial charge in [-0.25, -0.2) is 14.4 Å². The van der Waals surface area contributed by atoms with Gasteiger partial charge in [0.25, 0.3) is 0 Å². The minimum Gasteiger partial charge on any atom is -0.342 e. The van der Waals surface area contributed by atoms with Gasteiger partial charge in [-0.05, 0) is 18.2 Å². The SMILES string of the molecule is Fc1ccc2nc(-c3cnc[nH]3)[nH]c2c1. The average molecular weight is 202 g/mol. The summed E-state index contributed by atoms with van der Waals surface area (Å²) in [6.07, 6.45) is 3.23. The second kappa shape index (κ2) is 2.91. The molecule has 15 heavy (non-hydrogen) atoms. The summed E-state index contributed by atoms with van der Waals surface area (Å²) in [5, 5.41) is 0. The second-order valence-electron chi connectivity index (χ2n) is 3.21. The number of halogens is 1. The Hall–Kier alpha value is -2.17. The topological polar surface area (TPSA) is 57.4 Å². The van der Waals surface area contributed by atoms with Gasteiger partial charge < -0.3 is 9.97 Å². The zero-order valence-electron chi connectivity index (χ0n) is 7.66. The Kier molecular flexibility index (Phi) is 1.58. The van der Waals surface area contributed by atoms with E-state index >= 15 is 0 Å². The van der Waals surface area contributed by atoms with Gasteiger partial charge in [-0.1, -0.05) is 0 Å². The first kappa shape index (κ1) is 8.16. The molecule has 0 fully saturated rings. The molecule has 1 aromatic carbocycles. The van der Waals surface area contributed by atoms with Gasteiger partial charge >= 0.3 is 0 Å². The monoisotopic (exact) mass is 202 g/mol. The van der Waals surface area contributed by atoms with Crippen LogP contribution in [0.1, 0.15) is 0 Å². The molecule has 0 aliphatic rings. The lowest BCUT2D eigenvalue weighted by molar-refractivity contribution is 0.629. The summed E-state index contributed by atoms with van der Waals surface area (Å²) in [7, 11) is 0. The molecule has 2 heterocycles. The summed E-state index contributed by atoms with van der Waals surface area (Å²) in [6.45, 7) is 0. The van der Waals surface area contributed by atoms with E-state index in [1.807, 2.05) is 0 Å². The van der Waals surface area contributed by atoms with Crippen molar-refractivity contribution in [2.24, 2.45) is 0 Å². The molecule has 0 aliphatic heterocycles. The number of H-pyrrole nitrogens is 2. The van der Waals surface area contributed by atoms with Crippen LogP contribution in [-0.4, -0.2) is 19.9 Å². The van der Waals surface area contributed by atoms with E-state index in [0.717, 1.165) is 11.2 Å². The molecule has 3 rings (SSSR count). The van der Waals surface area contributed by atoms with E-state index in [1.54, 1.807) is 18.6 Å². The summed E-state index contributed by atoms with van der Waals surface area (Å²) in [5.41, 5.74) is 2.20. The smallest absolute Gasteiger partial charge is 0.156 e. The number of benzene rings is 1. The molecule has 0 atom stereocenters. The maximum atomic E-state index is 12.9. The lowest BCUT2D eigenvalue weighted by Gasteiger charge is -1.87. The Labute approximate surface area is 84.2 Å². The standard InChI is InChI=1S/C10H7FN4/c11-6-1-2-7-8(3-6)15-10(14-7)9-4-12-5-13-9/h1-5H,(H,12,13)(H,14,15). The number of aromatic amines is 2. The van der Waals surface area contributed by atoms with Crippen LogP contribution in [0.4, 0.5) is 4.39 Å². The van der Waals surface area contributed by atoms with Crippen molar-refractivity contribution in [3.63, 3.8) is 0 Å². The third-order valence-electron chi connectivity index (χ3n) is 2.20. The van der Waals surface area contributed by atoms with E-state index in [2.05, 4.69) is 19.9 Å². The first-order valence-electron chi connectivity index (χ1n) is 4.47. The Balaban J connectivity index is 2.22. The molecule has 0 radical (unpaired) electrons. The third-order valence-corrected chi connectivity index (χ3v) is 2.20. The number of fused-ring (bicyclic) bond motifs is 1. The van der Waals surface area contributed by atoms with Crippen LogP contribution in [0.25, 0.3) is 22.6 Å². The van der Waals surface area contributed by atoms with Crippen LogP contribution in [-0.2, 0) is 0 Å². The fourth-order valence-electron chi connectivity index (χ4n) is 1.49. The molecule has 74 valence electrons. The molecule has 0 spiro atoms. The predicted octanol–water partition coefficient (Wildman–Crippen LogP) is 2.09. The zero-order chi connectivity index (χ0) is 10.3. The Bertz CT molecular complexity index is 597. The maximum Gasteiger partial charge on any atom is 0.156 e. The zero-order valence-corrected chi connectivity index (χ0v) is 7.66. The van der Waals surface area contributed by atoms with Gasteiger partial charge in [0.2, 0.25) is 0 Å². The van der Waals surface area contributed by atoms with Crippen molar-refractivity contribution in [2.75, 3.05) is 0 Å². The van der Waals surface area contributed by atoms with Crippen molar-refractivity contribution in [1.29, 1.82) is 0 Å². The van der Waals surface area contributed by atoms with Gasteiger partial charge in [-0.2, -0.15) is 0 Å². The molecule has 2 aromatic heterocycles. The van der Waals surface area contributed by atoms with Gasteiger partial charge in [-0.3, -0.25) is 0 Å². The number of hydrogen-bond donors (Lipinski definition) is 2. The quantitative estimate of drug-likeness (QED) is 0.634. The minimum absolute atomic E-state index is 0.276.